The van der Waals surface area contributed by atoms with Crippen LogP contribution in [0, 0.1) is 0 Å². The zero-order valence-corrected chi connectivity index (χ0v) is 20.1. The molecule has 0 fully saturated rings. The Labute approximate surface area is 204 Å². The fraction of sp³-hybridized carbons (Fsp3) is 0.296. The van der Waals surface area contributed by atoms with Gasteiger partial charge in [0.25, 0.3) is 5.91 Å². The molecule has 0 aliphatic carbocycles. The molecule has 0 aliphatic heterocycles. The fourth-order valence-electron chi connectivity index (χ4n) is 3.90. The predicted octanol–water partition coefficient (Wildman–Crippen LogP) is 5.03. The van der Waals surface area contributed by atoms with Crippen LogP contribution >= 0.6 is 11.3 Å². The maximum atomic E-state index is 13.0. The predicted molar refractivity (Wildman–Crippen MR) is 138 cm³/mol. The summed E-state index contributed by atoms with van der Waals surface area (Å²) < 4.78 is 1.83. The summed E-state index contributed by atoms with van der Waals surface area (Å²) in [6.07, 6.45) is 7.34. The van der Waals surface area contributed by atoms with Crippen LogP contribution in [0.3, 0.4) is 0 Å². The maximum absolute atomic E-state index is 13.0. The Hall–Kier alpha value is -3.29. The Morgan fingerprint density at radius 2 is 1.68 bits per heavy atom. The normalized spacial score (nSPS) is 11.0. The number of carbonyl (C=O) groups excluding carboxylic acids is 1. The van der Waals surface area contributed by atoms with Crippen molar-refractivity contribution in [2.24, 2.45) is 5.73 Å². The molecule has 176 valence electrons. The van der Waals surface area contributed by atoms with Crippen molar-refractivity contribution < 1.29 is 4.79 Å². The van der Waals surface area contributed by atoms with E-state index >= 15 is 0 Å². The Kier molecular flexibility index (Phi) is 8.60. The number of aromatic nitrogens is 3. The molecule has 3 N–H and O–H groups in total. The van der Waals surface area contributed by atoms with Crippen molar-refractivity contribution in [1.82, 2.24) is 20.1 Å². The Morgan fingerprint density at radius 1 is 0.941 bits per heavy atom. The number of nitrogens with two attached hydrogens (primary N) is 1. The van der Waals surface area contributed by atoms with E-state index in [1.165, 1.54) is 16.9 Å². The van der Waals surface area contributed by atoms with Crippen LogP contribution in [0.4, 0.5) is 0 Å². The Morgan fingerprint density at radius 3 is 2.44 bits per heavy atom. The van der Waals surface area contributed by atoms with Crippen LogP contribution in [0.5, 0.6) is 0 Å². The number of carbonyl (C=O) groups is 1. The van der Waals surface area contributed by atoms with Gasteiger partial charge in [0.1, 0.15) is 0 Å². The summed E-state index contributed by atoms with van der Waals surface area (Å²) in [5, 5.41) is 10.5. The number of nitrogens with one attached hydrogen (secondary N) is 1. The van der Waals surface area contributed by atoms with E-state index in [-0.39, 0.29) is 5.91 Å². The fourth-order valence-corrected chi connectivity index (χ4v) is 4.71. The molecule has 6 nitrogen and oxygen atoms in total. The molecule has 4 aromatic rings. The first-order chi connectivity index (χ1) is 16.8. The number of nitrogens with zero attached hydrogens (tertiary/aromatic N) is 3. The smallest absolute Gasteiger partial charge is 0.254 e. The molecule has 2 heterocycles. The molecule has 0 aliphatic rings. The number of amides is 1. The van der Waals surface area contributed by atoms with E-state index in [1.54, 1.807) is 6.20 Å². The lowest BCUT2D eigenvalue weighted by atomic mass is 10.1. The third kappa shape index (κ3) is 6.18. The lowest BCUT2D eigenvalue weighted by Crippen LogP contribution is -2.25. The van der Waals surface area contributed by atoms with Crippen LogP contribution in [0.25, 0.3) is 16.4 Å². The highest BCUT2D eigenvalue weighted by Crippen LogP contribution is 2.26. The summed E-state index contributed by atoms with van der Waals surface area (Å²) in [4.78, 5) is 17.9. The van der Waals surface area contributed by atoms with Crippen molar-refractivity contribution in [3.63, 3.8) is 0 Å². The molecular weight excluding hydrogens is 442 g/mol. The zero-order valence-electron chi connectivity index (χ0n) is 19.3. The van der Waals surface area contributed by atoms with Gasteiger partial charge in [0.05, 0.1) is 23.1 Å². The van der Waals surface area contributed by atoms with Gasteiger partial charge in [-0.15, -0.1) is 11.3 Å². The monoisotopic (exact) mass is 473 g/mol. The number of rotatable bonds is 12. The molecule has 0 spiro atoms. The topological polar surface area (TPSA) is 85.8 Å². The molecule has 4 rings (SSSR count). The highest BCUT2D eigenvalue weighted by molar-refractivity contribution is 7.12. The molecule has 34 heavy (non-hydrogen) atoms. The van der Waals surface area contributed by atoms with Crippen molar-refractivity contribution >= 4 is 17.2 Å². The summed E-state index contributed by atoms with van der Waals surface area (Å²) >= 11 is 1.53. The summed E-state index contributed by atoms with van der Waals surface area (Å²) in [5.41, 5.74) is 10.3. The SMILES string of the molecule is NCCCCCCNC(=O)c1cnn(-c2nc(-c3ccccc3)cs2)c1CCc1ccccc1. The number of hydrogen-bond donors (Lipinski definition) is 2. The number of hydrogen-bond acceptors (Lipinski definition) is 5. The van der Waals surface area contributed by atoms with Crippen LogP contribution in [0.2, 0.25) is 0 Å². The molecule has 0 saturated carbocycles. The van der Waals surface area contributed by atoms with E-state index in [9.17, 15) is 4.79 Å². The van der Waals surface area contributed by atoms with Gasteiger partial charge in [0.2, 0.25) is 5.13 Å². The van der Waals surface area contributed by atoms with Gasteiger partial charge in [-0.1, -0.05) is 73.5 Å². The molecule has 0 atom stereocenters. The van der Waals surface area contributed by atoms with Crippen molar-refractivity contribution in [1.29, 1.82) is 0 Å². The van der Waals surface area contributed by atoms with E-state index in [1.807, 2.05) is 58.6 Å². The molecule has 2 aromatic carbocycles. The second-order valence-electron chi connectivity index (χ2n) is 8.24. The third-order valence-corrected chi connectivity index (χ3v) is 6.58. The maximum Gasteiger partial charge on any atom is 0.254 e. The van der Waals surface area contributed by atoms with E-state index < -0.39 is 0 Å². The Balaban J connectivity index is 1.53. The highest BCUT2D eigenvalue weighted by atomic mass is 32.1. The summed E-state index contributed by atoms with van der Waals surface area (Å²) in [6.45, 7) is 1.38. The number of aryl methyl sites for hydroxylation is 1. The zero-order chi connectivity index (χ0) is 23.6. The summed E-state index contributed by atoms with van der Waals surface area (Å²) in [6, 6.07) is 20.4. The minimum absolute atomic E-state index is 0.0759. The van der Waals surface area contributed by atoms with E-state index in [4.69, 9.17) is 10.7 Å². The van der Waals surface area contributed by atoms with Gasteiger partial charge >= 0.3 is 0 Å². The molecule has 0 saturated heterocycles. The largest absolute Gasteiger partial charge is 0.352 e. The van der Waals surface area contributed by atoms with Crippen molar-refractivity contribution in [3.05, 3.63) is 89.1 Å². The Bertz CT molecular complexity index is 1170. The standard InChI is InChI=1S/C27H31N5OS/c28-17-9-1-2-10-18-29-26(33)23-19-30-32(25(23)16-15-21-11-5-3-6-12-21)27-31-24(20-34-27)22-13-7-4-8-14-22/h3-8,11-14,19-20H,1-2,9-10,15-18,28H2,(H,29,33). The molecule has 0 radical (unpaired) electrons. The molecule has 1 amide bonds. The lowest BCUT2D eigenvalue weighted by molar-refractivity contribution is 0.0952. The van der Waals surface area contributed by atoms with Gasteiger partial charge in [-0.25, -0.2) is 9.67 Å². The first-order valence-corrected chi connectivity index (χ1v) is 12.7. The van der Waals surface area contributed by atoms with Crippen LogP contribution in [-0.2, 0) is 12.8 Å². The first kappa shape index (κ1) is 23.9. The lowest BCUT2D eigenvalue weighted by Gasteiger charge is -2.09. The van der Waals surface area contributed by atoms with Crippen LogP contribution in [0.15, 0.2) is 72.2 Å². The quantitative estimate of drug-likeness (QED) is 0.283. The number of thiazole rings is 1. The number of benzene rings is 2. The van der Waals surface area contributed by atoms with Gasteiger partial charge in [-0.3, -0.25) is 4.79 Å². The molecule has 2 aromatic heterocycles. The van der Waals surface area contributed by atoms with E-state index in [0.717, 1.165) is 60.7 Å². The first-order valence-electron chi connectivity index (χ1n) is 11.9. The minimum Gasteiger partial charge on any atom is -0.352 e. The third-order valence-electron chi connectivity index (χ3n) is 5.77. The van der Waals surface area contributed by atoms with Crippen LogP contribution < -0.4 is 11.1 Å². The number of unbranched alkanes of at least 4 members (excludes halogenated alkanes) is 3. The van der Waals surface area contributed by atoms with Gasteiger partial charge in [0, 0.05) is 17.5 Å². The van der Waals surface area contributed by atoms with Crippen LogP contribution in [-0.4, -0.2) is 33.8 Å². The van der Waals surface area contributed by atoms with Gasteiger partial charge < -0.3 is 11.1 Å². The average molecular weight is 474 g/mol. The van der Waals surface area contributed by atoms with Crippen LogP contribution in [0.1, 0.15) is 47.3 Å². The molecule has 7 heteroatoms. The van der Waals surface area contributed by atoms with Gasteiger partial charge in [0.15, 0.2) is 0 Å². The van der Waals surface area contributed by atoms with Gasteiger partial charge in [-0.2, -0.15) is 5.10 Å². The second kappa shape index (κ2) is 12.3. The molecular formula is C27H31N5OS. The van der Waals surface area contributed by atoms with Crippen molar-refractivity contribution in [2.45, 2.75) is 38.5 Å². The van der Waals surface area contributed by atoms with E-state index in [2.05, 4.69) is 22.5 Å². The molecule has 0 unspecified atom stereocenters. The van der Waals surface area contributed by atoms with Crippen molar-refractivity contribution in [2.75, 3.05) is 13.1 Å². The summed E-state index contributed by atoms with van der Waals surface area (Å²) in [5.74, 6) is -0.0759. The molecule has 0 bridgehead atoms. The van der Waals surface area contributed by atoms with Crippen molar-refractivity contribution in [3.8, 4) is 16.4 Å². The summed E-state index contributed by atoms with van der Waals surface area (Å²) in [7, 11) is 0. The second-order valence-corrected chi connectivity index (χ2v) is 9.08. The van der Waals surface area contributed by atoms with E-state index in [0.29, 0.717) is 18.5 Å². The average Bonchev–Trinajstić information content (AvgIpc) is 3.53. The van der Waals surface area contributed by atoms with Gasteiger partial charge in [-0.05, 0) is 37.8 Å². The minimum atomic E-state index is -0.0759. The highest BCUT2D eigenvalue weighted by Gasteiger charge is 2.20.